The van der Waals surface area contributed by atoms with E-state index in [2.05, 4.69) is 36.2 Å². The molecule has 2 rings (SSSR count). The van der Waals surface area contributed by atoms with Crippen LogP contribution in [0.5, 0.6) is 0 Å². The van der Waals surface area contributed by atoms with Gasteiger partial charge in [-0.15, -0.1) is 0 Å². The Bertz CT molecular complexity index is 503. The Morgan fingerprint density at radius 1 is 1.31 bits per heavy atom. The first-order valence-electron chi connectivity index (χ1n) is 4.45. The van der Waals surface area contributed by atoms with Gasteiger partial charge in [0.1, 0.15) is 10.3 Å². The third-order valence-corrected chi connectivity index (χ3v) is 2.19. The maximum atomic E-state index is 11.7. The van der Waals surface area contributed by atoms with Gasteiger partial charge in [-0.1, -0.05) is 6.07 Å². The molecule has 0 aliphatic heterocycles. The molecule has 0 aromatic carbocycles. The number of anilines is 1. The van der Waals surface area contributed by atoms with E-state index in [1.54, 1.807) is 18.2 Å². The Morgan fingerprint density at radius 2 is 2.19 bits per heavy atom. The molecule has 6 heteroatoms. The Morgan fingerprint density at radius 3 is 2.88 bits per heavy atom. The Kier molecular flexibility index (Phi) is 3.21. The van der Waals surface area contributed by atoms with Crippen molar-refractivity contribution >= 4 is 27.7 Å². The molecule has 0 atom stereocenters. The number of nitrogens with zero attached hydrogens (tertiary/aromatic N) is 3. The zero-order valence-corrected chi connectivity index (χ0v) is 9.68. The highest BCUT2D eigenvalue weighted by molar-refractivity contribution is 9.10. The minimum atomic E-state index is -0.318. The molecule has 2 aromatic heterocycles. The fourth-order valence-corrected chi connectivity index (χ4v) is 1.42. The van der Waals surface area contributed by atoms with E-state index in [1.165, 1.54) is 18.6 Å². The van der Waals surface area contributed by atoms with Crippen molar-refractivity contribution in [3.8, 4) is 0 Å². The molecule has 5 nitrogen and oxygen atoms in total. The first-order valence-corrected chi connectivity index (χ1v) is 5.25. The second-order valence-corrected chi connectivity index (χ2v) is 3.70. The van der Waals surface area contributed by atoms with Crippen molar-refractivity contribution in [1.82, 2.24) is 15.0 Å². The van der Waals surface area contributed by atoms with Crippen molar-refractivity contribution in [1.29, 1.82) is 0 Å². The van der Waals surface area contributed by atoms with E-state index in [-0.39, 0.29) is 5.91 Å². The Labute approximate surface area is 100 Å². The van der Waals surface area contributed by atoms with Crippen molar-refractivity contribution < 1.29 is 4.79 Å². The lowest BCUT2D eigenvalue weighted by Gasteiger charge is -2.02. The molecule has 2 heterocycles. The molecule has 0 fully saturated rings. The number of carbonyl (C=O) groups excluding carboxylic acids is 1. The largest absolute Gasteiger partial charge is 0.304 e. The van der Waals surface area contributed by atoms with Gasteiger partial charge in [-0.2, -0.15) is 0 Å². The number of pyridine rings is 1. The van der Waals surface area contributed by atoms with E-state index < -0.39 is 0 Å². The zero-order chi connectivity index (χ0) is 11.4. The molecule has 80 valence electrons. The molecule has 0 unspecified atom stereocenters. The van der Waals surface area contributed by atoms with Crippen LogP contribution in [0.25, 0.3) is 0 Å². The molecular formula is C10H7BrN4O. The molecule has 0 aliphatic rings. The smallest absolute Gasteiger partial charge is 0.275 e. The molecule has 0 saturated heterocycles. The molecule has 0 radical (unpaired) electrons. The summed E-state index contributed by atoms with van der Waals surface area (Å²) < 4.78 is 0.610. The lowest BCUT2D eigenvalue weighted by atomic mass is 10.3. The van der Waals surface area contributed by atoms with Gasteiger partial charge >= 0.3 is 0 Å². The number of amides is 1. The van der Waals surface area contributed by atoms with Gasteiger partial charge in [-0.25, -0.2) is 9.97 Å². The predicted molar refractivity (Wildman–Crippen MR) is 61.9 cm³/mol. The van der Waals surface area contributed by atoms with Crippen LogP contribution in [0, 0.1) is 0 Å². The van der Waals surface area contributed by atoms with Crippen LogP contribution >= 0.6 is 15.9 Å². The summed E-state index contributed by atoms with van der Waals surface area (Å²) in [5.41, 5.74) is 0.319. The van der Waals surface area contributed by atoms with E-state index >= 15 is 0 Å². The number of hydrogen-bond donors (Lipinski definition) is 1. The SMILES string of the molecule is O=C(Nc1cnccn1)c1cccc(Br)n1. The van der Waals surface area contributed by atoms with Crippen LogP contribution < -0.4 is 5.32 Å². The summed E-state index contributed by atoms with van der Waals surface area (Å²) in [6.07, 6.45) is 4.51. The number of carbonyl (C=O) groups is 1. The van der Waals surface area contributed by atoms with Gasteiger partial charge in [0.2, 0.25) is 0 Å². The fourth-order valence-electron chi connectivity index (χ4n) is 1.08. The van der Waals surface area contributed by atoms with Gasteiger partial charge in [0, 0.05) is 12.4 Å². The minimum absolute atomic E-state index is 0.318. The second kappa shape index (κ2) is 4.80. The van der Waals surface area contributed by atoms with Gasteiger partial charge in [0.15, 0.2) is 5.82 Å². The minimum Gasteiger partial charge on any atom is -0.304 e. The summed E-state index contributed by atoms with van der Waals surface area (Å²) in [6.45, 7) is 0. The van der Waals surface area contributed by atoms with Crippen LogP contribution in [0.3, 0.4) is 0 Å². The normalized spacial score (nSPS) is 9.81. The Balaban J connectivity index is 2.15. The number of aromatic nitrogens is 3. The van der Waals surface area contributed by atoms with Crippen LogP contribution in [0.1, 0.15) is 10.5 Å². The van der Waals surface area contributed by atoms with Gasteiger partial charge in [0.05, 0.1) is 6.20 Å². The van der Waals surface area contributed by atoms with Gasteiger partial charge in [-0.3, -0.25) is 9.78 Å². The summed E-state index contributed by atoms with van der Waals surface area (Å²) in [5.74, 6) is 0.0797. The highest BCUT2D eigenvalue weighted by Gasteiger charge is 2.08. The summed E-state index contributed by atoms with van der Waals surface area (Å²) >= 11 is 3.20. The second-order valence-electron chi connectivity index (χ2n) is 2.89. The highest BCUT2D eigenvalue weighted by atomic mass is 79.9. The summed E-state index contributed by atoms with van der Waals surface area (Å²) in [7, 11) is 0. The van der Waals surface area contributed by atoms with Crippen molar-refractivity contribution in [2.24, 2.45) is 0 Å². The molecule has 1 N–H and O–H groups in total. The molecule has 0 aliphatic carbocycles. The molecular weight excluding hydrogens is 272 g/mol. The van der Waals surface area contributed by atoms with Crippen LogP contribution in [-0.4, -0.2) is 20.9 Å². The van der Waals surface area contributed by atoms with Gasteiger partial charge in [-0.05, 0) is 28.1 Å². The van der Waals surface area contributed by atoms with E-state index in [4.69, 9.17) is 0 Å². The van der Waals surface area contributed by atoms with Crippen LogP contribution in [0.4, 0.5) is 5.82 Å². The monoisotopic (exact) mass is 278 g/mol. The lowest BCUT2D eigenvalue weighted by Crippen LogP contribution is -2.14. The molecule has 0 saturated carbocycles. The van der Waals surface area contributed by atoms with Gasteiger partial charge < -0.3 is 5.32 Å². The van der Waals surface area contributed by atoms with E-state index in [9.17, 15) is 4.79 Å². The summed E-state index contributed by atoms with van der Waals surface area (Å²) in [5, 5.41) is 2.59. The van der Waals surface area contributed by atoms with E-state index in [0.717, 1.165) is 0 Å². The maximum absolute atomic E-state index is 11.7. The van der Waals surface area contributed by atoms with E-state index in [1.807, 2.05) is 0 Å². The standard InChI is InChI=1S/C10H7BrN4O/c11-8-3-1-2-7(14-8)10(16)15-9-6-12-4-5-13-9/h1-6H,(H,13,15,16). The first-order chi connectivity index (χ1) is 7.75. The average molecular weight is 279 g/mol. The van der Waals surface area contributed by atoms with E-state index in [0.29, 0.717) is 16.1 Å². The van der Waals surface area contributed by atoms with Crippen LogP contribution in [0.2, 0.25) is 0 Å². The highest BCUT2D eigenvalue weighted by Crippen LogP contribution is 2.08. The Hall–Kier alpha value is -1.82. The van der Waals surface area contributed by atoms with Crippen molar-refractivity contribution in [2.45, 2.75) is 0 Å². The number of halogens is 1. The van der Waals surface area contributed by atoms with Crippen molar-refractivity contribution in [3.05, 3.63) is 47.1 Å². The molecule has 0 spiro atoms. The predicted octanol–water partition coefficient (Wildman–Crippen LogP) is 1.89. The van der Waals surface area contributed by atoms with Crippen molar-refractivity contribution in [2.75, 3.05) is 5.32 Å². The quantitative estimate of drug-likeness (QED) is 0.852. The number of hydrogen-bond acceptors (Lipinski definition) is 4. The zero-order valence-electron chi connectivity index (χ0n) is 8.09. The first kappa shape index (κ1) is 10.7. The molecule has 1 amide bonds. The van der Waals surface area contributed by atoms with Crippen LogP contribution in [0.15, 0.2) is 41.4 Å². The number of nitrogens with one attached hydrogen (secondary N) is 1. The molecule has 16 heavy (non-hydrogen) atoms. The lowest BCUT2D eigenvalue weighted by molar-refractivity contribution is 0.102. The maximum Gasteiger partial charge on any atom is 0.275 e. The van der Waals surface area contributed by atoms with Gasteiger partial charge in [0.25, 0.3) is 5.91 Å². The average Bonchev–Trinajstić information content (AvgIpc) is 2.30. The number of rotatable bonds is 2. The third kappa shape index (κ3) is 2.60. The van der Waals surface area contributed by atoms with Crippen LogP contribution in [-0.2, 0) is 0 Å². The topological polar surface area (TPSA) is 67.8 Å². The molecule has 2 aromatic rings. The molecule has 0 bridgehead atoms. The summed E-state index contributed by atoms with van der Waals surface area (Å²) in [4.78, 5) is 23.5. The summed E-state index contributed by atoms with van der Waals surface area (Å²) in [6, 6.07) is 5.11. The third-order valence-electron chi connectivity index (χ3n) is 1.75. The van der Waals surface area contributed by atoms with Crippen molar-refractivity contribution in [3.63, 3.8) is 0 Å². The fraction of sp³-hybridized carbons (Fsp3) is 0.